The van der Waals surface area contributed by atoms with Crippen molar-refractivity contribution in [3.8, 4) is 0 Å². The average Bonchev–Trinajstić information content (AvgIpc) is 3.11. The van der Waals surface area contributed by atoms with Crippen LogP contribution in [0.15, 0.2) is 34.9 Å². The molecule has 5 heteroatoms. The third kappa shape index (κ3) is 3.50. The van der Waals surface area contributed by atoms with Crippen LogP contribution in [0.4, 0.5) is 0 Å². The average molecular weight is 369 g/mol. The summed E-state index contributed by atoms with van der Waals surface area (Å²) in [7, 11) is 0. The lowest BCUT2D eigenvalue weighted by Gasteiger charge is -2.13. The van der Waals surface area contributed by atoms with E-state index in [0.29, 0.717) is 17.5 Å². The van der Waals surface area contributed by atoms with Crippen LogP contribution in [0.1, 0.15) is 49.0 Å². The van der Waals surface area contributed by atoms with Gasteiger partial charge in [-0.25, -0.2) is 0 Å². The standard InChI is InChI=1S/C16H19BrClN3/c17-11-5-6-15(18)14(9-11)16(19)10-12-7-8-21(20-12)13-3-1-2-4-13/h5-9,13,16H,1-4,10,19H2. The van der Waals surface area contributed by atoms with Crippen molar-refractivity contribution in [1.82, 2.24) is 9.78 Å². The fraction of sp³-hybridized carbons (Fsp3) is 0.438. The van der Waals surface area contributed by atoms with Crippen molar-refractivity contribution in [1.29, 1.82) is 0 Å². The minimum absolute atomic E-state index is 0.137. The molecule has 0 aliphatic heterocycles. The molecule has 2 N–H and O–H groups in total. The Hall–Kier alpha value is -0.840. The summed E-state index contributed by atoms with van der Waals surface area (Å²) >= 11 is 9.70. The van der Waals surface area contributed by atoms with E-state index in [-0.39, 0.29) is 6.04 Å². The van der Waals surface area contributed by atoms with Gasteiger partial charge in [-0.15, -0.1) is 0 Å². The monoisotopic (exact) mass is 367 g/mol. The Morgan fingerprint density at radius 3 is 2.86 bits per heavy atom. The number of halogens is 2. The van der Waals surface area contributed by atoms with Crippen molar-refractivity contribution < 1.29 is 0 Å². The normalized spacial score (nSPS) is 17.3. The van der Waals surface area contributed by atoms with E-state index in [1.165, 1.54) is 25.7 Å². The van der Waals surface area contributed by atoms with Gasteiger partial charge >= 0.3 is 0 Å². The Kier molecular flexibility index (Phi) is 4.67. The van der Waals surface area contributed by atoms with Crippen LogP contribution in [0.25, 0.3) is 0 Å². The SMILES string of the molecule is NC(Cc1ccn(C2CCCC2)n1)c1cc(Br)ccc1Cl. The molecule has 0 saturated heterocycles. The maximum atomic E-state index is 6.30. The van der Waals surface area contributed by atoms with Gasteiger partial charge in [0, 0.05) is 28.2 Å². The van der Waals surface area contributed by atoms with Crippen molar-refractivity contribution >= 4 is 27.5 Å². The van der Waals surface area contributed by atoms with E-state index in [4.69, 9.17) is 22.4 Å². The van der Waals surface area contributed by atoms with Gasteiger partial charge in [0.2, 0.25) is 0 Å². The number of benzene rings is 1. The van der Waals surface area contributed by atoms with E-state index in [0.717, 1.165) is 15.7 Å². The molecule has 0 spiro atoms. The van der Waals surface area contributed by atoms with Crippen LogP contribution in [-0.2, 0) is 6.42 Å². The van der Waals surface area contributed by atoms with Crippen LogP contribution >= 0.6 is 27.5 Å². The second kappa shape index (κ2) is 6.51. The number of hydrogen-bond acceptors (Lipinski definition) is 2. The molecule has 112 valence electrons. The number of nitrogens with zero attached hydrogens (tertiary/aromatic N) is 2. The Morgan fingerprint density at radius 1 is 1.33 bits per heavy atom. The van der Waals surface area contributed by atoms with Gasteiger partial charge in [0.1, 0.15) is 0 Å². The van der Waals surface area contributed by atoms with Crippen LogP contribution < -0.4 is 5.73 Å². The fourth-order valence-electron chi connectivity index (χ4n) is 2.99. The highest BCUT2D eigenvalue weighted by atomic mass is 79.9. The number of rotatable bonds is 4. The molecule has 21 heavy (non-hydrogen) atoms. The molecular weight excluding hydrogens is 350 g/mol. The molecule has 0 amide bonds. The van der Waals surface area contributed by atoms with E-state index in [9.17, 15) is 0 Å². The highest BCUT2D eigenvalue weighted by Gasteiger charge is 2.18. The molecule has 1 aromatic carbocycles. The zero-order valence-corrected chi connectivity index (χ0v) is 14.1. The molecule has 1 heterocycles. The Balaban J connectivity index is 1.72. The third-order valence-electron chi connectivity index (χ3n) is 4.15. The minimum atomic E-state index is -0.137. The van der Waals surface area contributed by atoms with Gasteiger partial charge < -0.3 is 5.73 Å². The van der Waals surface area contributed by atoms with Gasteiger partial charge in [-0.05, 0) is 42.7 Å². The maximum absolute atomic E-state index is 6.30. The Morgan fingerprint density at radius 2 is 2.10 bits per heavy atom. The number of hydrogen-bond donors (Lipinski definition) is 1. The van der Waals surface area contributed by atoms with Gasteiger partial charge in [-0.1, -0.05) is 40.4 Å². The molecule has 3 nitrogen and oxygen atoms in total. The summed E-state index contributed by atoms with van der Waals surface area (Å²) in [5.74, 6) is 0. The lowest BCUT2D eigenvalue weighted by molar-refractivity contribution is 0.461. The quantitative estimate of drug-likeness (QED) is 0.853. The first-order valence-electron chi connectivity index (χ1n) is 7.38. The Labute approximate surface area is 138 Å². The predicted molar refractivity (Wildman–Crippen MR) is 89.5 cm³/mol. The van der Waals surface area contributed by atoms with Crippen LogP contribution in [0.3, 0.4) is 0 Å². The molecule has 1 atom stereocenters. The summed E-state index contributed by atoms with van der Waals surface area (Å²) in [5, 5.41) is 5.40. The van der Waals surface area contributed by atoms with Crippen molar-refractivity contribution in [3.63, 3.8) is 0 Å². The molecule has 0 radical (unpaired) electrons. The highest BCUT2D eigenvalue weighted by Crippen LogP contribution is 2.30. The fourth-order valence-corrected chi connectivity index (χ4v) is 3.63. The van der Waals surface area contributed by atoms with E-state index >= 15 is 0 Å². The third-order valence-corrected chi connectivity index (χ3v) is 4.99. The minimum Gasteiger partial charge on any atom is -0.324 e. The summed E-state index contributed by atoms with van der Waals surface area (Å²) in [6.07, 6.45) is 7.89. The molecule has 2 aromatic rings. The van der Waals surface area contributed by atoms with Crippen LogP contribution in [0, 0.1) is 0 Å². The smallest absolute Gasteiger partial charge is 0.0643 e. The molecular formula is C16H19BrClN3. The summed E-state index contributed by atoms with van der Waals surface area (Å²) < 4.78 is 3.10. The topological polar surface area (TPSA) is 43.8 Å². The van der Waals surface area contributed by atoms with Gasteiger partial charge in [-0.3, -0.25) is 4.68 Å². The first-order chi connectivity index (χ1) is 10.1. The first-order valence-corrected chi connectivity index (χ1v) is 8.55. The summed E-state index contributed by atoms with van der Waals surface area (Å²) in [6, 6.07) is 8.29. The Bertz CT molecular complexity index is 620. The lowest BCUT2D eigenvalue weighted by Crippen LogP contribution is -2.15. The van der Waals surface area contributed by atoms with E-state index in [1.54, 1.807) is 0 Å². The largest absolute Gasteiger partial charge is 0.324 e. The summed E-state index contributed by atoms with van der Waals surface area (Å²) in [4.78, 5) is 0. The molecule has 1 fully saturated rings. The van der Waals surface area contributed by atoms with Crippen molar-refractivity contribution in [2.45, 2.75) is 44.2 Å². The zero-order valence-electron chi connectivity index (χ0n) is 11.8. The van der Waals surface area contributed by atoms with E-state index < -0.39 is 0 Å². The van der Waals surface area contributed by atoms with Gasteiger partial charge in [-0.2, -0.15) is 5.10 Å². The van der Waals surface area contributed by atoms with Gasteiger partial charge in [0.05, 0.1) is 11.7 Å². The number of aromatic nitrogens is 2. The second-order valence-electron chi connectivity index (χ2n) is 5.70. The van der Waals surface area contributed by atoms with Crippen LogP contribution in [0.2, 0.25) is 5.02 Å². The summed E-state index contributed by atoms with van der Waals surface area (Å²) in [6.45, 7) is 0. The van der Waals surface area contributed by atoms with E-state index in [1.807, 2.05) is 18.2 Å². The zero-order chi connectivity index (χ0) is 14.8. The molecule has 1 unspecified atom stereocenters. The molecule has 1 aromatic heterocycles. The molecule has 1 saturated carbocycles. The molecule has 1 aliphatic rings. The predicted octanol–water partition coefficient (Wildman–Crippen LogP) is 4.66. The maximum Gasteiger partial charge on any atom is 0.0643 e. The molecule has 0 bridgehead atoms. The number of nitrogens with two attached hydrogens (primary N) is 1. The van der Waals surface area contributed by atoms with Crippen LogP contribution in [-0.4, -0.2) is 9.78 Å². The molecule has 1 aliphatic carbocycles. The highest BCUT2D eigenvalue weighted by molar-refractivity contribution is 9.10. The first kappa shape index (κ1) is 15.1. The van der Waals surface area contributed by atoms with Gasteiger partial charge in [0.25, 0.3) is 0 Å². The van der Waals surface area contributed by atoms with Crippen molar-refractivity contribution in [2.75, 3.05) is 0 Å². The van der Waals surface area contributed by atoms with Crippen LogP contribution in [0.5, 0.6) is 0 Å². The van der Waals surface area contributed by atoms with Crippen molar-refractivity contribution in [2.24, 2.45) is 5.73 Å². The molecule has 3 rings (SSSR count). The van der Waals surface area contributed by atoms with Crippen molar-refractivity contribution in [3.05, 3.63) is 51.2 Å². The summed E-state index contributed by atoms with van der Waals surface area (Å²) in [5.41, 5.74) is 8.30. The second-order valence-corrected chi connectivity index (χ2v) is 7.02. The van der Waals surface area contributed by atoms with E-state index in [2.05, 4.69) is 32.9 Å². The lowest BCUT2D eigenvalue weighted by atomic mass is 10.0. The van der Waals surface area contributed by atoms with Gasteiger partial charge in [0.15, 0.2) is 0 Å².